The largest absolute Gasteiger partial charge is 0.468 e. The summed E-state index contributed by atoms with van der Waals surface area (Å²) in [6.07, 6.45) is 10.2. The minimum Gasteiger partial charge on any atom is -0.468 e. The third kappa shape index (κ3) is 4.43. The van der Waals surface area contributed by atoms with Crippen LogP contribution in [0.2, 0.25) is 0 Å². The SMILES string of the molecule is COCCN(Cc1cnc(-c2cncnc2)nc1)Cc1ccco1. The van der Waals surface area contributed by atoms with Gasteiger partial charge in [0.15, 0.2) is 5.82 Å². The summed E-state index contributed by atoms with van der Waals surface area (Å²) in [5, 5.41) is 0. The maximum absolute atomic E-state index is 5.43. The maximum atomic E-state index is 5.43. The molecule has 3 aromatic heterocycles. The summed E-state index contributed by atoms with van der Waals surface area (Å²) in [5.74, 6) is 1.54. The molecule has 0 amide bonds. The Morgan fingerprint density at radius 3 is 2.54 bits per heavy atom. The molecule has 0 aromatic carbocycles. The lowest BCUT2D eigenvalue weighted by Gasteiger charge is -2.20. The van der Waals surface area contributed by atoms with E-state index in [1.807, 2.05) is 24.5 Å². The summed E-state index contributed by atoms with van der Waals surface area (Å²) in [7, 11) is 1.70. The van der Waals surface area contributed by atoms with E-state index in [1.54, 1.807) is 25.8 Å². The Bertz CT molecular complexity index is 717. The van der Waals surface area contributed by atoms with Crippen molar-refractivity contribution in [3.63, 3.8) is 0 Å². The molecular weight excluding hydrogens is 306 g/mol. The summed E-state index contributed by atoms with van der Waals surface area (Å²) in [5.41, 5.74) is 1.83. The van der Waals surface area contributed by atoms with E-state index >= 15 is 0 Å². The molecule has 0 radical (unpaired) electrons. The van der Waals surface area contributed by atoms with E-state index < -0.39 is 0 Å². The number of hydrogen-bond donors (Lipinski definition) is 0. The summed E-state index contributed by atoms with van der Waals surface area (Å²) in [6, 6.07) is 3.86. The van der Waals surface area contributed by atoms with Gasteiger partial charge in [0.2, 0.25) is 0 Å². The Labute approximate surface area is 140 Å². The molecule has 7 nitrogen and oxygen atoms in total. The van der Waals surface area contributed by atoms with Crippen LogP contribution >= 0.6 is 0 Å². The van der Waals surface area contributed by atoms with Gasteiger partial charge in [0, 0.05) is 50.6 Å². The Kier molecular flexibility index (Phi) is 5.60. The molecule has 3 rings (SSSR count). The standard InChI is InChI=1S/C17H19N5O2/c1-23-6-4-22(12-16-3-2-5-24-16)11-14-7-20-17(21-8-14)15-9-18-13-19-10-15/h2-3,5,7-10,13H,4,6,11-12H2,1H3. The van der Waals surface area contributed by atoms with Crippen LogP contribution < -0.4 is 0 Å². The van der Waals surface area contributed by atoms with Crippen LogP contribution in [0, 0.1) is 0 Å². The second-order valence-electron chi connectivity index (χ2n) is 5.32. The van der Waals surface area contributed by atoms with Crippen molar-refractivity contribution >= 4 is 0 Å². The van der Waals surface area contributed by atoms with Crippen molar-refractivity contribution in [2.45, 2.75) is 13.1 Å². The van der Waals surface area contributed by atoms with E-state index in [0.717, 1.165) is 30.0 Å². The van der Waals surface area contributed by atoms with Gasteiger partial charge in [-0.15, -0.1) is 0 Å². The number of furan rings is 1. The van der Waals surface area contributed by atoms with Crippen molar-refractivity contribution in [2.75, 3.05) is 20.3 Å². The lowest BCUT2D eigenvalue weighted by atomic mass is 10.2. The zero-order valence-electron chi connectivity index (χ0n) is 13.5. The lowest BCUT2D eigenvalue weighted by molar-refractivity contribution is 0.135. The van der Waals surface area contributed by atoms with Gasteiger partial charge in [-0.3, -0.25) is 4.90 Å². The highest BCUT2D eigenvalue weighted by Gasteiger charge is 2.10. The Morgan fingerprint density at radius 1 is 1.08 bits per heavy atom. The zero-order chi connectivity index (χ0) is 16.6. The quantitative estimate of drug-likeness (QED) is 0.628. The highest BCUT2D eigenvalue weighted by molar-refractivity contribution is 5.50. The van der Waals surface area contributed by atoms with Gasteiger partial charge in [-0.05, 0) is 12.1 Å². The van der Waals surface area contributed by atoms with E-state index in [0.29, 0.717) is 19.0 Å². The van der Waals surface area contributed by atoms with Crippen molar-refractivity contribution in [1.29, 1.82) is 0 Å². The van der Waals surface area contributed by atoms with E-state index in [1.165, 1.54) is 6.33 Å². The first kappa shape index (κ1) is 16.2. The van der Waals surface area contributed by atoms with Crippen LogP contribution in [-0.4, -0.2) is 45.1 Å². The molecule has 0 fully saturated rings. The van der Waals surface area contributed by atoms with Gasteiger partial charge in [-0.1, -0.05) is 0 Å². The lowest BCUT2D eigenvalue weighted by Crippen LogP contribution is -2.26. The molecule has 24 heavy (non-hydrogen) atoms. The third-order valence-corrected chi connectivity index (χ3v) is 3.50. The molecule has 3 heterocycles. The van der Waals surface area contributed by atoms with Crippen LogP contribution in [0.3, 0.4) is 0 Å². The summed E-state index contributed by atoms with van der Waals surface area (Å²) in [4.78, 5) is 19.0. The van der Waals surface area contributed by atoms with Crippen LogP contribution in [0.15, 0.2) is 53.9 Å². The average molecular weight is 325 g/mol. The van der Waals surface area contributed by atoms with E-state index in [9.17, 15) is 0 Å². The number of aromatic nitrogens is 4. The van der Waals surface area contributed by atoms with Crippen LogP contribution in [0.25, 0.3) is 11.4 Å². The first-order chi connectivity index (χ1) is 11.8. The van der Waals surface area contributed by atoms with Crippen LogP contribution in [0.5, 0.6) is 0 Å². The molecule has 0 aliphatic carbocycles. The topological polar surface area (TPSA) is 77.2 Å². The van der Waals surface area contributed by atoms with Gasteiger partial charge in [0.05, 0.1) is 25.0 Å². The van der Waals surface area contributed by atoms with Crippen LogP contribution in [0.4, 0.5) is 0 Å². The summed E-state index contributed by atoms with van der Waals surface area (Å²) < 4.78 is 10.6. The molecular formula is C17H19N5O2. The molecule has 0 saturated heterocycles. The minimum absolute atomic E-state index is 0.619. The molecule has 0 N–H and O–H groups in total. The molecule has 0 saturated carbocycles. The average Bonchev–Trinajstić information content (AvgIpc) is 3.14. The fraction of sp³-hybridized carbons (Fsp3) is 0.294. The molecule has 3 aromatic rings. The molecule has 0 atom stereocenters. The van der Waals surface area contributed by atoms with Crippen molar-refractivity contribution in [2.24, 2.45) is 0 Å². The highest BCUT2D eigenvalue weighted by atomic mass is 16.5. The predicted molar refractivity (Wildman–Crippen MR) is 87.8 cm³/mol. The van der Waals surface area contributed by atoms with Gasteiger partial charge in [0.25, 0.3) is 0 Å². The fourth-order valence-electron chi connectivity index (χ4n) is 2.32. The first-order valence-corrected chi connectivity index (χ1v) is 7.65. The first-order valence-electron chi connectivity index (χ1n) is 7.65. The van der Waals surface area contributed by atoms with Gasteiger partial charge in [-0.25, -0.2) is 19.9 Å². The second-order valence-corrected chi connectivity index (χ2v) is 5.32. The summed E-state index contributed by atoms with van der Waals surface area (Å²) >= 11 is 0. The molecule has 0 unspecified atom stereocenters. The molecule has 7 heteroatoms. The van der Waals surface area contributed by atoms with Gasteiger partial charge >= 0.3 is 0 Å². The van der Waals surface area contributed by atoms with Crippen molar-refractivity contribution in [1.82, 2.24) is 24.8 Å². The predicted octanol–water partition coefficient (Wildman–Crippen LogP) is 2.18. The van der Waals surface area contributed by atoms with Gasteiger partial charge < -0.3 is 9.15 Å². The minimum atomic E-state index is 0.619. The second kappa shape index (κ2) is 8.28. The number of methoxy groups -OCH3 is 1. The Morgan fingerprint density at radius 2 is 1.88 bits per heavy atom. The third-order valence-electron chi connectivity index (χ3n) is 3.50. The van der Waals surface area contributed by atoms with Crippen LogP contribution in [-0.2, 0) is 17.8 Å². The van der Waals surface area contributed by atoms with E-state index in [2.05, 4.69) is 24.8 Å². The molecule has 0 aliphatic heterocycles. The van der Waals surface area contributed by atoms with Gasteiger partial charge in [0.1, 0.15) is 12.1 Å². The van der Waals surface area contributed by atoms with Crippen molar-refractivity contribution in [3.8, 4) is 11.4 Å². The molecule has 0 aliphatic rings. The number of ether oxygens (including phenoxy) is 1. The van der Waals surface area contributed by atoms with Crippen molar-refractivity contribution < 1.29 is 9.15 Å². The van der Waals surface area contributed by atoms with Crippen molar-refractivity contribution in [3.05, 3.63) is 60.8 Å². The summed E-state index contributed by atoms with van der Waals surface area (Å²) in [6.45, 7) is 2.88. The molecule has 0 spiro atoms. The number of nitrogens with zero attached hydrogens (tertiary/aromatic N) is 5. The molecule has 0 bridgehead atoms. The maximum Gasteiger partial charge on any atom is 0.162 e. The number of rotatable bonds is 8. The zero-order valence-corrected chi connectivity index (χ0v) is 13.5. The van der Waals surface area contributed by atoms with E-state index in [4.69, 9.17) is 9.15 Å². The van der Waals surface area contributed by atoms with Crippen LogP contribution in [0.1, 0.15) is 11.3 Å². The smallest absolute Gasteiger partial charge is 0.162 e. The monoisotopic (exact) mass is 325 g/mol. The van der Waals surface area contributed by atoms with E-state index in [-0.39, 0.29) is 0 Å². The Hall–Kier alpha value is -2.64. The Balaban J connectivity index is 1.67. The number of hydrogen-bond acceptors (Lipinski definition) is 7. The fourth-order valence-corrected chi connectivity index (χ4v) is 2.32. The van der Waals surface area contributed by atoms with Gasteiger partial charge in [-0.2, -0.15) is 0 Å². The highest BCUT2D eigenvalue weighted by Crippen LogP contribution is 2.13. The normalized spacial score (nSPS) is 11.1. The molecule has 124 valence electrons.